The number of rotatable bonds is 2. The van der Waals surface area contributed by atoms with Gasteiger partial charge in [-0.1, -0.05) is 0 Å². The van der Waals surface area contributed by atoms with E-state index in [2.05, 4.69) is 10.6 Å². The van der Waals surface area contributed by atoms with Gasteiger partial charge in [-0.25, -0.2) is 4.39 Å². The second-order valence-corrected chi connectivity index (χ2v) is 5.74. The Morgan fingerprint density at radius 2 is 1.87 bits per heavy atom. The maximum atomic E-state index is 12.9. The van der Waals surface area contributed by atoms with E-state index in [-0.39, 0.29) is 11.8 Å². The Hall–Kier alpha value is -2.89. The third kappa shape index (κ3) is 3.01. The van der Waals surface area contributed by atoms with Gasteiger partial charge in [0, 0.05) is 17.3 Å². The van der Waals surface area contributed by atoms with E-state index in [1.54, 1.807) is 32.0 Å². The van der Waals surface area contributed by atoms with Crippen LogP contribution >= 0.6 is 0 Å². The van der Waals surface area contributed by atoms with Crippen LogP contribution in [0.4, 0.5) is 15.8 Å². The molecule has 3 rings (SSSR count). The quantitative estimate of drug-likeness (QED) is 0.894. The summed E-state index contributed by atoms with van der Waals surface area (Å²) in [5.74, 6) is -0.509. The van der Waals surface area contributed by atoms with Crippen molar-refractivity contribution in [1.29, 1.82) is 0 Å². The van der Waals surface area contributed by atoms with Crippen LogP contribution in [-0.4, -0.2) is 17.4 Å². The minimum absolute atomic E-state index is 0.229. The maximum absolute atomic E-state index is 12.9. The SMILES string of the molecule is CC1(C)Oc2cc(NC(=O)c3ccc(F)cc3)ccc2NC1=O. The number of nitrogens with one attached hydrogen (secondary N) is 2. The molecular weight excluding hydrogens is 299 g/mol. The van der Waals surface area contributed by atoms with Gasteiger partial charge < -0.3 is 15.4 Å². The molecule has 118 valence electrons. The van der Waals surface area contributed by atoms with Crippen LogP contribution in [0.5, 0.6) is 5.75 Å². The third-order valence-corrected chi connectivity index (χ3v) is 3.51. The lowest BCUT2D eigenvalue weighted by atomic mass is 10.1. The predicted octanol–water partition coefficient (Wildman–Crippen LogP) is 3.19. The molecule has 0 aromatic heterocycles. The Balaban J connectivity index is 1.81. The monoisotopic (exact) mass is 314 g/mol. The van der Waals surface area contributed by atoms with Crippen LogP contribution in [-0.2, 0) is 4.79 Å². The number of hydrogen-bond acceptors (Lipinski definition) is 3. The molecule has 0 spiro atoms. The van der Waals surface area contributed by atoms with Gasteiger partial charge in [-0.2, -0.15) is 0 Å². The lowest BCUT2D eigenvalue weighted by molar-refractivity contribution is -0.129. The normalized spacial score (nSPS) is 15.2. The highest BCUT2D eigenvalue weighted by atomic mass is 19.1. The summed E-state index contributed by atoms with van der Waals surface area (Å²) in [7, 11) is 0. The largest absolute Gasteiger partial charge is 0.476 e. The summed E-state index contributed by atoms with van der Waals surface area (Å²) in [6.07, 6.45) is 0. The number of carbonyl (C=O) groups excluding carboxylic acids is 2. The number of ether oxygens (including phenoxy) is 1. The molecule has 0 saturated carbocycles. The smallest absolute Gasteiger partial charge is 0.268 e. The number of amides is 2. The summed E-state index contributed by atoms with van der Waals surface area (Å²) in [6, 6.07) is 10.2. The molecule has 1 aliphatic heterocycles. The van der Waals surface area contributed by atoms with E-state index in [0.29, 0.717) is 22.7 Å². The third-order valence-electron chi connectivity index (χ3n) is 3.51. The summed E-state index contributed by atoms with van der Waals surface area (Å²) in [5.41, 5.74) is 0.435. The highest BCUT2D eigenvalue weighted by molar-refractivity contribution is 6.05. The zero-order chi connectivity index (χ0) is 16.6. The minimum Gasteiger partial charge on any atom is -0.476 e. The molecule has 6 heteroatoms. The summed E-state index contributed by atoms with van der Waals surface area (Å²) in [6.45, 7) is 3.32. The van der Waals surface area contributed by atoms with Crippen molar-refractivity contribution in [2.75, 3.05) is 10.6 Å². The zero-order valence-electron chi connectivity index (χ0n) is 12.6. The van der Waals surface area contributed by atoms with Gasteiger partial charge in [0.25, 0.3) is 11.8 Å². The summed E-state index contributed by atoms with van der Waals surface area (Å²) < 4.78 is 18.5. The van der Waals surface area contributed by atoms with E-state index >= 15 is 0 Å². The molecule has 5 nitrogen and oxygen atoms in total. The van der Waals surface area contributed by atoms with Gasteiger partial charge in [-0.15, -0.1) is 0 Å². The van der Waals surface area contributed by atoms with Crippen LogP contribution < -0.4 is 15.4 Å². The molecule has 2 aromatic rings. The van der Waals surface area contributed by atoms with Gasteiger partial charge in [-0.3, -0.25) is 9.59 Å². The van der Waals surface area contributed by atoms with E-state index in [4.69, 9.17) is 4.74 Å². The Bertz CT molecular complexity index is 785. The number of benzene rings is 2. The molecule has 2 aromatic carbocycles. The Morgan fingerprint density at radius 1 is 1.17 bits per heavy atom. The average molecular weight is 314 g/mol. The van der Waals surface area contributed by atoms with Gasteiger partial charge >= 0.3 is 0 Å². The zero-order valence-corrected chi connectivity index (χ0v) is 12.6. The molecule has 1 aliphatic rings. The van der Waals surface area contributed by atoms with Crippen molar-refractivity contribution in [1.82, 2.24) is 0 Å². The second kappa shape index (κ2) is 5.39. The van der Waals surface area contributed by atoms with Gasteiger partial charge in [0.2, 0.25) is 0 Å². The molecule has 0 aliphatic carbocycles. The van der Waals surface area contributed by atoms with Crippen LogP contribution in [0.25, 0.3) is 0 Å². The molecule has 2 N–H and O–H groups in total. The number of hydrogen-bond donors (Lipinski definition) is 2. The highest BCUT2D eigenvalue weighted by Gasteiger charge is 2.35. The summed E-state index contributed by atoms with van der Waals surface area (Å²) in [5, 5.41) is 5.46. The number of carbonyl (C=O) groups is 2. The first-order valence-corrected chi connectivity index (χ1v) is 7.06. The first-order valence-electron chi connectivity index (χ1n) is 7.06. The van der Waals surface area contributed by atoms with Crippen molar-refractivity contribution >= 4 is 23.2 Å². The topological polar surface area (TPSA) is 67.4 Å². The second-order valence-electron chi connectivity index (χ2n) is 5.74. The van der Waals surface area contributed by atoms with Gasteiger partial charge in [0.1, 0.15) is 11.6 Å². The van der Waals surface area contributed by atoms with E-state index < -0.39 is 11.4 Å². The average Bonchev–Trinajstić information content (AvgIpc) is 2.49. The van der Waals surface area contributed by atoms with E-state index in [0.717, 1.165) is 0 Å². The molecule has 0 unspecified atom stereocenters. The van der Waals surface area contributed by atoms with Gasteiger partial charge in [0.15, 0.2) is 5.60 Å². The van der Waals surface area contributed by atoms with Crippen LogP contribution in [0.3, 0.4) is 0 Å². The molecule has 2 amide bonds. The Labute approximate surface area is 132 Å². The Kier molecular flexibility index (Phi) is 3.52. The standard InChI is InChI=1S/C17H15FN2O3/c1-17(2)16(22)20-13-8-7-12(9-14(13)23-17)19-15(21)10-3-5-11(18)6-4-10/h3-9H,1-2H3,(H,19,21)(H,20,22). The van der Waals surface area contributed by atoms with Crippen molar-refractivity contribution in [3.8, 4) is 5.75 Å². The van der Waals surface area contributed by atoms with Crippen molar-refractivity contribution in [3.63, 3.8) is 0 Å². The molecule has 0 bridgehead atoms. The predicted molar refractivity (Wildman–Crippen MR) is 84.1 cm³/mol. The van der Waals surface area contributed by atoms with Crippen LogP contribution in [0.1, 0.15) is 24.2 Å². The van der Waals surface area contributed by atoms with Gasteiger partial charge in [-0.05, 0) is 50.2 Å². The molecule has 0 atom stereocenters. The van der Waals surface area contributed by atoms with Crippen molar-refractivity contribution in [2.45, 2.75) is 19.4 Å². The molecule has 0 radical (unpaired) electrons. The first-order chi connectivity index (χ1) is 10.8. The lowest BCUT2D eigenvalue weighted by Crippen LogP contribution is -2.45. The van der Waals surface area contributed by atoms with Crippen molar-refractivity contribution in [3.05, 3.63) is 53.8 Å². The van der Waals surface area contributed by atoms with E-state index in [1.165, 1.54) is 24.3 Å². The fourth-order valence-electron chi connectivity index (χ4n) is 2.19. The maximum Gasteiger partial charge on any atom is 0.268 e. The summed E-state index contributed by atoms with van der Waals surface area (Å²) in [4.78, 5) is 23.9. The van der Waals surface area contributed by atoms with Crippen LogP contribution in [0, 0.1) is 5.82 Å². The molecular formula is C17H15FN2O3. The molecule has 1 heterocycles. The number of fused-ring (bicyclic) bond motifs is 1. The summed E-state index contributed by atoms with van der Waals surface area (Å²) >= 11 is 0. The Morgan fingerprint density at radius 3 is 2.57 bits per heavy atom. The van der Waals surface area contributed by atoms with E-state index in [1.807, 2.05) is 0 Å². The first kappa shape index (κ1) is 15.0. The number of anilines is 2. The molecule has 23 heavy (non-hydrogen) atoms. The van der Waals surface area contributed by atoms with Crippen molar-refractivity contribution < 1.29 is 18.7 Å². The van der Waals surface area contributed by atoms with Gasteiger partial charge in [0.05, 0.1) is 5.69 Å². The molecule has 0 fully saturated rings. The minimum atomic E-state index is -0.980. The fourth-order valence-corrected chi connectivity index (χ4v) is 2.19. The lowest BCUT2D eigenvalue weighted by Gasteiger charge is -2.31. The molecule has 0 saturated heterocycles. The van der Waals surface area contributed by atoms with Crippen LogP contribution in [0.2, 0.25) is 0 Å². The van der Waals surface area contributed by atoms with E-state index in [9.17, 15) is 14.0 Å². The highest BCUT2D eigenvalue weighted by Crippen LogP contribution is 2.35. The van der Waals surface area contributed by atoms with Crippen molar-refractivity contribution in [2.24, 2.45) is 0 Å². The fraction of sp³-hybridized carbons (Fsp3) is 0.176. The number of halogens is 1. The van der Waals surface area contributed by atoms with Crippen LogP contribution in [0.15, 0.2) is 42.5 Å².